The average Bonchev–Trinajstić information content (AvgIpc) is 2.59. The van der Waals surface area contributed by atoms with Gasteiger partial charge in [-0.1, -0.05) is 0 Å². The summed E-state index contributed by atoms with van der Waals surface area (Å²) >= 11 is 0. The zero-order valence-electron chi connectivity index (χ0n) is 15.2. The van der Waals surface area contributed by atoms with Crippen LogP contribution in [0.5, 0.6) is 0 Å². The molecule has 26 heavy (non-hydrogen) atoms. The number of rotatable bonds is 8. The smallest absolute Gasteiger partial charge is 0.341 e. The van der Waals surface area contributed by atoms with E-state index in [9.17, 15) is 28.4 Å². The standard InChI is InChI=1S/C12H30N3O8P3/c1-23-26(21,22)11-15-7-4-13(9-24(2,17)18)3-5-14(6-8-15)10-25(19,20)12-16/h16H,3-12H2,1-2H3,(H,17,18)(H,19,20)(H,21,22). The lowest BCUT2D eigenvalue weighted by Crippen LogP contribution is -2.37. The molecular weight excluding hydrogens is 407 g/mol. The molecule has 3 atom stereocenters. The van der Waals surface area contributed by atoms with Gasteiger partial charge in [-0.3, -0.25) is 28.4 Å². The normalized spacial score (nSPS) is 26.1. The van der Waals surface area contributed by atoms with Gasteiger partial charge in [0.15, 0.2) is 0 Å². The largest absolute Gasteiger partial charge is 0.386 e. The van der Waals surface area contributed by atoms with Gasteiger partial charge in [-0.05, 0) is 0 Å². The van der Waals surface area contributed by atoms with E-state index in [2.05, 4.69) is 4.52 Å². The molecule has 0 amide bonds. The van der Waals surface area contributed by atoms with Gasteiger partial charge in [-0.2, -0.15) is 0 Å². The van der Waals surface area contributed by atoms with Gasteiger partial charge < -0.3 is 24.3 Å². The molecule has 11 nitrogen and oxygen atoms in total. The molecule has 1 heterocycles. The molecule has 14 heteroatoms. The molecule has 0 radical (unpaired) electrons. The van der Waals surface area contributed by atoms with E-state index in [1.807, 2.05) is 0 Å². The van der Waals surface area contributed by atoms with Crippen molar-refractivity contribution in [3.8, 4) is 0 Å². The quantitative estimate of drug-likeness (QED) is 0.372. The van der Waals surface area contributed by atoms with Crippen LogP contribution in [0.4, 0.5) is 0 Å². The number of hydrogen-bond acceptors (Lipinski definition) is 8. The number of nitrogens with zero attached hydrogens (tertiary/aromatic N) is 3. The van der Waals surface area contributed by atoms with Crippen LogP contribution in [0.25, 0.3) is 0 Å². The molecule has 0 bridgehead atoms. The zero-order chi connectivity index (χ0) is 20.0. The van der Waals surface area contributed by atoms with E-state index < -0.39 is 28.7 Å². The minimum atomic E-state index is -3.78. The summed E-state index contributed by atoms with van der Waals surface area (Å²) < 4.78 is 40.1. The summed E-state index contributed by atoms with van der Waals surface area (Å²) in [6, 6.07) is 0. The first-order valence-corrected chi connectivity index (χ1v) is 14.2. The third kappa shape index (κ3) is 10.1. The average molecular weight is 437 g/mol. The van der Waals surface area contributed by atoms with Crippen LogP contribution in [0.1, 0.15) is 0 Å². The van der Waals surface area contributed by atoms with E-state index in [0.29, 0.717) is 39.3 Å². The van der Waals surface area contributed by atoms with E-state index in [1.165, 1.54) is 6.66 Å². The third-order valence-corrected chi connectivity index (χ3v) is 7.50. The lowest BCUT2D eigenvalue weighted by Gasteiger charge is -2.27. The summed E-state index contributed by atoms with van der Waals surface area (Å²) in [5, 5.41) is 9.03. The lowest BCUT2D eigenvalue weighted by atomic mass is 10.5. The maximum Gasteiger partial charge on any atom is 0.341 e. The Hall–Kier alpha value is 0.370. The van der Waals surface area contributed by atoms with Crippen LogP contribution in [0.3, 0.4) is 0 Å². The van der Waals surface area contributed by atoms with E-state index in [0.717, 1.165) is 7.11 Å². The highest BCUT2D eigenvalue weighted by Crippen LogP contribution is 2.42. The van der Waals surface area contributed by atoms with Crippen molar-refractivity contribution in [3.63, 3.8) is 0 Å². The molecule has 1 fully saturated rings. The van der Waals surface area contributed by atoms with Crippen molar-refractivity contribution in [2.75, 3.05) is 78.2 Å². The highest BCUT2D eigenvalue weighted by Gasteiger charge is 2.28. The molecule has 156 valence electrons. The van der Waals surface area contributed by atoms with Gasteiger partial charge in [0.05, 0.1) is 12.6 Å². The summed E-state index contributed by atoms with van der Waals surface area (Å²) in [6.07, 6.45) is -1.28. The van der Waals surface area contributed by atoms with Gasteiger partial charge >= 0.3 is 7.60 Å². The van der Waals surface area contributed by atoms with Gasteiger partial charge in [-0.15, -0.1) is 0 Å². The molecule has 0 saturated carbocycles. The summed E-state index contributed by atoms with van der Waals surface area (Å²) in [7, 11) is -9.63. The first-order chi connectivity index (χ1) is 11.9. The van der Waals surface area contributed by atoms with E-state index in [4.69, 9.17) is 5.11 Å². The maximum absolute atomic E-state index is 11.9. The Morgan fingerprint density at radius 3 is 1.54 bits per heavy atom. The molecule has 1 rings (SSSR count). The van der Waals surface area contributed by atoms with Crippen LogP contribution in [0.15, 0.2) is 0 Å². The van der Waals surface area contributed by atoms with Crippen molar-refractivity contribution in [2.45, 2.75) is 0 Å². The van der Waals surface area contributed by atoms with E-state index >= 15 is 0 Å². The molecule has 0 spiro atoms. The minimum absolute atomic E-state index is 0.0352. The van der Waals surface area contributed by atoms with Gasteiger partial charge in [0.2, 0.25) is 14.7 Å². The Kier molecular flexibility index (Phi) is 9.61. The Morgan fingerprint density at radius 1 is 0.808 bits per heavy atom. The monoisotopic (exact) mass is 437 g/mol. The summed E-state index contributed by atoms with van der Waals surface area (Å²) in [5.74, 6) is 0. The van der Waals surface area contributed by atoms with E-state index in [1.54, 1.807) is 14.7 Å². The van der Waals surface area contributed by atoms with Crippen molar-refractivity contribution in [1.29, 1.82) is 0 Å². The molecule has 0 aliphatic carbocycles. The summed E-state index contributed by atoms with van der Waals surface area (Å²) in [6.45, 7) is 3.54. The molecule has 1 saturated heterocycles. The Bertz CT molecular complexity index is 548. The Labute approximate surface area is 154 Å². The first kappa shape index (κ1) is 24.4. The van der Waals surface area contributed by atoms with Crippen LogP contribution in [0.2, 0.25) is 0 Å². The van der Waals surface area contributed by atoms with Crippen LogP contribution < -0.4 is 0 Å². The fourth-order valence-electron chi connectivity index (χ4n) is 2.65. The van der Waals surface area contributed by atoms with Crippen LogP contribution in [-0.2, 0) is 18.2 Å². The fraction of sp³-hybridized carbons (Fsp3) is 1.00. The van der Waals surface area contributed by atoms with Crippen molar-refractivity contribution in [2.24, 2.45) is 0 Å². The van der Waals surface area contributed by atoms with Crippen molar-refractivity contribution < 1.29 is 38.0 Å². The molecule has 3 unspecified atom stereocenters. The first-order valence-electron chi connectivity index (χ1n) is 8.11. The number of aliphatic hydroxyl groups is 1. The number of aliphatic hydroxyl groups excluding tert-OH is 1. The van der Waals surface area contributed by atoms with E-state index in [-0.39, 0.29) is 18.9 Å². The zero-order valence-corrected chi connectivity index (χ0v) is 17.9. The van der Waals surface area contributed by atoms with Crippen molar-refractivity contribution in [1.82, 2.24) is 14.7 Å². The van der Waals surface area contributed by atoms with Gasteiger partial charge in [0, 0.05) is 53.0 Å². The van der Waals surface area contributed by atoms with Crippen molar-refractivity contribution in [3.05, 3.63) is 0 Å². The molecular formula is C12H30N3O8P3. The Morgan fingerprint density at radius 2 is 1.19 bits per heavy atom. The predicted molar refractivity (Wildman–Crippen MR) is 98.8 cm³/mol. The van der Waals surface area contributed by atoms with Gasteiger partial charge in [0.1, 0.15) is 12.6 Å². The maximum atomic E-state index is 11.9. The second-order valence-electron chi connectivity index (χ2n) is 6.64. The third-order valence-electron chi connectivity index (χ3n) is 3.97. The fourth-order valence-corrected chi connectivity index (χ4v) is 5.57. The highest BCUT2D eigenvalue weighted by atomic mass is 31.2. The molecule has 0 aromatic carbocycles. The second-order valence-corrected chi connectivity index (χ2v) is 13.2. The second kappa shape index (κ2) is 10.2. The molecule has 4 N–H and O–H groups in total. The van der Waals surface area contributed by atoms with Crippen LogP contribution >= 0.6 is 22.3 Å². The molecule has 1 aliphatic rings. The van der Waals surface area contributed by atoms with Gasteiger partial charge in [0.25, 0.3) is 0 Å². The predicted octanol–water partition coefficient (Wildman–Crippen LogP) is -0.269. The Balaban J connectivity index is 2.89. The van der Waals surface area contributed by atoms with Gasteiger partial charge in [-0.25, -0.2) is 0 Å². The van der Waals surface area contributed by atoms with Crippen LogP contribution in [0, 0.1) is 0 Å². The summed E-state index contributed by atoms with van der Waals surface area (Å²) in [5.41, 5.74) is 0. The highest BCUT2D eigenvalue weighted by molar-refractivity contribution is 7.57. The van der Waals surface area contributed by atoms with Crippen molar-refractivity contribution >= 4 is 22.3 Å². The summed E-state index contributed by atoms with van der Waals surface area (Å²) in [4.78, 5) is 34.2. The molecule has 1 aliphatic heterocycles. The number of hydrogen-bond donors (Lipinski definition) is 4. The topological polar surface area (TPSA) is 151 Å². The molecule has 0 aromatic rings. The minimum Gasteiger partial charge on any atom is -0.386 e. The van der Waals surface area contributed by atoms with Crippen LogP contribution in [-0.4, -0.2) is 113 Å². The lowest BCUT2D eigenvalue weighted by molar-refractivity contribution is 0.226. The molecule has 0 aromatic heterocycles. The SMILES string of the molecule is COP(=O)(O)CN1CCN(CP(C)(=O)O)CCN(CP(=O)(O)CO)CC1.